The van der Waals surface area contributed by atoms with Gasteiger partial charge in [0.25, 0.3) is 5.91 Å². The fraction of sp³-hybridized carbons (Fsp3) is 0.238. The number of aromatic nitrogens is 3. The summed E-state index contributed by atoms with van der Waals surface area (Å²) in [6.45, 7) is 0. The number of amides is 1. The molecule has 4 rings (SSSR count). The molecule has 28 heavy (non-hydrogen) atoms. The Bertz CT molecular complexity index is 1010. The highest BCUT2D eigenvalue weighted by Gasteiger charge is 2.16. The molecule has 0 bridgehead atoms. The van der Waals surface area contributed by atoms with Crippen LogP contribution in [0.4, 0.5) is 11.6 Å². The van der Waals surface area contributed by atoms with Gasteiger partial charge in [-0.15, -0.1) is 0 Å². The van der Waals surface area contributed by atoms with Gasteiger partial charge in [-0.1, -0.05) is 12.8 Å². The normalized spacial score (nSPS) is 13.8. The number of hydrogen-bond donors (Lipinski definition) is 2. The lowest BCUT2D eigenvalue weighted by atomic mass is 10.2. The largest absolute Gasteiger partial charge is 0.367 e. The average molecular weight is 372 g/mol. The molecule has 2 heterocycles. The second-order valence-electron chi connectivity index (χ2n) is 6.80. The van der Waals surface area contributed by atoms with E-state index in [1.807, 2.05) is 0 Å². The zero-order chi connectivity index (χ0) is 19.3. The van der Waals surface area contributed by atoms with Gasteiger partial charge >= 0.3 is 0 Å². The van der Waals surface area contributed by atoms with E-state index >= 15 is 0 Å². The number of nitrogens with zero attached hydrogens (tertiary/aromatic N) is 4. The minimum Gasteiger partial charge on any atom is -0.367 e. The van der Waals surface area contributed by atoms with Gasteiger partial charge < -0.3 is 10.6 Å². The van der Waals surface area contributed by atoms with Gasteiger partial charge in [-0.05, 0) is 49.2 Å². The average Bonchev–Trinajstić information content (AvgIpc) is 3.40. The predicted molar refractivity (Wildman–Crippen MR) is 106 cm³/mol. The molecule has 0 unspecified atom stereocenters. The van der Waals surface area contributed by atoms with Gasteiger partial charge in [-0.2, -0.15) is 10.4 Å². The van der Waals surface area contributed by atoms with E-state index < -0.39 is 0 Å². The third kappa shape index (κ3) is 3.86. The van der Waals surface area contributed by atoms with Gasteiger partial charge in [0.1, 0.15) is 11.6 Å². The molecule has 1 aliphatic rings. The topological polar surface area (TPSA) is 95.6 Å². The third-order valence-corrected chi connectivity index (χ3v) is 4.85. The molecular formula is C21H20N6O. The highest BCUT2D eigenvalue weighted by atomic mass is 16.1. The Balaban J connectivity index is 1.50. The van der Waals surface area contributed by atoms with Crippen molar-refractivity contribution in [1.82, 2.24) is 14.8 Å². The van der Waals surface area contributed by atoms with E-state index in [4.69, 9.17) is 5.26 Å². The first-order chi connectivity index (χ1) is 13.7. The monoisotopic (exact) mass is 372 g/mol. The Labute approximate surface area is 163 Å². The van der Waals surface area contributed by atoms with Crippen LogP contribution < -0.4 is 10.6 Å². The van der Waals surface area contributed by atoms with Gasteiger partial charge in [0, 0.05) is 23.9 Å². The second kappa shape index (κ2) is 7.92. The van der Waals surface area contributed by atoms with Crippen molar-refractivity contribution in [3.05, 3.63) is 66.0 Å². The molecule has 0 spiro atoms. The van der Waals surface area contributed by atoms with Crippen molar-refractivity contribution >= 4 is 17.5 Å². The van der Waals surface area contributed by atoms with E-state index in [-0.39, 0.29) is 5.91 Å². The predicted octanol–water partition coefficient (Wildman–Crippen LogP) is 3.75. The molecule has 0 saturated heterocycles. The van der Waals surface area contributed by atoms with Crippen molar-refractivity contribution in [3.63, 3.8) is 0 Å². The van der Waals surface area contributed by atoms with E-state index in [0.717, 1.165) is 24.3 Å². The minimum atomic E-state index is -0.229. The smallest absolute Gasteiger partial charge is 0.257 e. The number of hydrogen-bond acceptors (Lipinski definition) is 5. The van der Waals surface area contributed by atoms with Gasteiger partial charge in [0.2, 0.25) is 0 Å². The Kier molecular flexibility index (Phi) is 5.02. The molecular weight excluding hydrogens is 352 g/mol. The summed E-state index contributed by atoms with van der Waals surface area (Å²) >= 11 is 0. The lowest BCUT2D eigenvalue weighted by Crippen LogP contribution is -2.18. The first-order valence-corrected chi connectivity index (χ1v) is 9.31. The molecule has 1 saturated carbocycles. The van der Waals surface area contributed by atoms with E-state index in [1.54, 1.807) is 59.5 Å². The Morgan fingerprint density at radius 2 is 1.89 bits per heavy atom. The van der Waals surface area contributed by atoms with Gasteiger partial charge in [-0.25, -0.2) is 9.67 Å². The van der Waals surface area contributed by atoms with Crippen LogP contribution in [0.5, 0.6) is 0 Å². The van der Waals surface area contributed by atoms with E-state index in [9.17, 15) is 4.79 Å². The zero-order valence-electron chi connectivity index (χ0n) is 15.3. The molecule has 140 valence electrons. The number of nitrogens with one attached hydrogen (secondary N) is 2. The molecule has 2 N–H and O–H groups in total. The molecule has 3 aromatic rings. The summed E-state index contributed by atoms with van der Waals surface area (Å²) in [6.07, 6.45) is 8.01. The number of pyridine rings is 1. The molecule has 0 radical (unpaired) electrons. The summed E-state index contributed by atoms with van der Waals surface area (Å²) in [6, 6.07) is 14.7. The first kappa shape index (κ1) is 17.7. The van der Waals surface area contributed by atoms with Crippen LogP contribution in [0, 0.1) is 11.3 Å². The summed E-state index contributed by atoms with van der Waals surface area (Å²) in [5.41, 5.74) is 1.86. The van der Waals surface area contributed by atoms with Crippen LogP contribution >= 0.6 is 0 Å². The van der Waals surface area contributed by atoms with Crippen molar-refractivity contribution in [1.29, 1.82) is 5.26 Å². The molecule has 1 amide bonds. The molecule has 1 aliphatic carbocycles. The number of carbonyl (C=O) groups is 1. The zero-order valence-corrected chi connectivity index (χ0v) is 15.3. The van der Waals surface area contributed by atoms with Crippen LogP contribution in [0.2, 0.25) is 0 Å². The number of nitriles is 1. The van der Waals surface area contributed by atoms with E-state index in [1.165, 1.54) is 12.8 Å². The fourth-order valence-electron chi connectivity index (χ4n) is 3.40. The summed E-state index contributed by atoms with van der Waals surface area (Å²) < 4.78 is 1.62. The number of benzene rings is 1. The lowest BCUT2D eigenvalue weighted by Gasteiger charge is -2.13. The van der Waals surface area contributed by atoms with Crippen molar-refractivity contribution in [2.45, 2.75) is 31.7 Å². The maximum Gasteiger partial charge on any atom is 0.257 e. The first-order valence-electron chi connectivity index (χ1n) is 9.31. The maximum atomic E-state index is 12.7. The highest BCUT2D eigenvalue weighted by molar-refractivity contribution is 6.04. The van der Waals surface area contributed by atoms with Crippen molar-refractivity contribution in [2.24, 2.45) is 0 Å². The minimum absolute atomic E-state index is 0.229. The van der Waals surface area contributed by atoms with Crippen molar-refractivity contribution in [2.75, 3.05) is 10.6 Å². The van der Waals surface area contributed by atoms with Crippen LogP contribution in [-0.2, 0) is 0 Å². The van der Waals surface area contributed by atoms with Gasteiger partial charge in [-0.3, -0.25) is 4.79 Å². The summed E-state index contributed by atoms with van der Waals surface area (Å²) in [7, 11) is 0. The van der Waals surface area contributed by atoms with Crippen LogP contribution in [0.15, 0.2) is 54.9 Å². The molecule has 0 aliphatic heterocycles. The Hall–Kier alpha value is -3.66. The third-order valence-electron chi connectivity index (χ3n) is 4.85. The Morgan fingerprint density at radius 3 is 2.64 bits per heavy atom. The van der Waals surface area contributed by atoms with Gasteiger partial charge in [0.15, 0.2) is 0 Å². The Morgan fingerprint density at radius 1 is 1.11 bits per heavy atom. The molecule has 7 heteroatoms. The van der Waals surface area contributed by atoms with E-state index in [0.29, 0.717) is 23.0 Å². The van der Waals surface area contributed by atoms with Crippen LogP contribution in [0.3, 0.4) is 0 Å². The lowest BCUT2D eigenvalue weighted by molar-refractivity contribution is 0.102. The molecule has 1 aromatic carbocycles. The summed E-state index contributed by atoms with van der Waals surface area (Å²) in [5.74, 6) is 1.05. The molecule has 1 fully saturated rings. The maximum absolute atomic E-state index is 12.7. The molecule has 0 atom stereocenters. The number of carbonyl (C=O) groups excluding carboxylic acids is 1. The van der Waals surface area contributed by atoms with Crippen molar-refractivity contribution in [3.8, 4) is 11.8 Å². The van der Waals surface area contributed by atoms with Crippen molar-refractivity contribution < 1.29 is 4.79 Å². The highest BCUT2D eigenvalue weighted by Crippen LogP contribution is 2.22. The summed E-state index contributed by atoms with van der Waals surface area (Å²) in [5, 5.41) is 19.5. The quantitative estimate of drug-likeness (QED) is 0.711. The summed E-state index contributed by atoms with van der Waals surface area (Å²) in [4.78, 5) is 17.1. The molecule has 7 nitrogen and oxygen atoms in total. The van der Waals surface area contributed by atoms with Crippen LogP contribution in [-0.4, -0.2) is 26.7 Å². The number of rotatable bonds is 5. The second-order valence-corrected chi connectivity index (χ2v) is 6.80. The fourth-order valence-corrected chi connectivity index (χ4v) is 3.40. The van der Waals surface area contributed by atoms with Crippen LogP contribution in [0.1, 0.15) is 41.6 Å². The van der Waals surface area contributed by atoms with Gasteiger partial charge in [0.05, 0.1) is 23.5 Å². The SMILES string of the molecule is N#Cc1ccc(-n2nccc2NC(=O)c2ccnc(NC3CCCC3)c2)cc1. The van der Waals surface area contributed by atoms with E-state index in [2.05, 4.69) is 26.8 Å². The standard InChI is InChI=1S/C21H20N6O/c22-14-15-5-7-18(8-6-15)27-20(10-12-24-27)26-21(28)16-9-11-23-19(13-16)25-17-3-1-2-4-17/h5-13,17H,1-4H2,(H,23,25)(H,26,28). The van der Waals surface area contributed by atoms with Crippen LogP contribution in [0.25, 0.3) is 5.69 Å². The molecule has 2 aromatic heterocycles. The number of anilines is 2.